The predicted octanol–water partition coefficient (Wildman–Crippen LogP) is 1.51. The standard InChI is InChI=1S/C12H25N3O/c1-4-14(2)12(16)15(3)11-8-6-5-7-10(11)9-13/h10-11H,4-9,13H2,1-3H3. The summed E-state index contributed by atoms with van der Waals surface area (Å²) in [5.41, 5.74) is 5.79. The van der Waals surface area contributed by atoms with E-state index in [4.69, 9.17) is 5.73 Å². The van der Waals surface area contributed by atoms with Crippen LogP contribution in [-0.4, -0.2) is 49.1 Å². The Labute approximate surface area is 98.8 Å². The lowest BCUT2D eigenvalue weighted by molar-refractivity contribution is 0.119. The minimum Gasteiger partial charge on any atom is -0.330 e. The van der Waals surface area contributed by atoms with E-state index < -0.39 is 0 Å². The maximum Gasteiger partial charge on any atom is 0.319 e. The smallest absolute Gasteiger partial charge is 0.319 e. The van der Waals surface area contributed by atoms with E-state index in [2.05, 4.69) is 0 Å². The molecule has 1 aliphatic carbocycles. The van der Waals surface area contributed by atoms with Crippen LogP contribution in [0.25, 0.3) is 0 Å². The van der Waals surface area contributed by atoms with Crippen LogP contribution in [0, 0.1) is 5.92 Å². The summed E-state index contributed by atoms with van der Waals surface area (Å²) in [7, 11) is 3.76. The number of nitrogens with two attached hydrogens (primary N) is 1. The molecule has 0 bridgehead atoms. The van der Waals surface area contributed by atoms with Gasteiger partial charge in [-0.1, -0.05) is 12.8 Å². The molecule has 1 rings (SSSR count). The molecule has 2 unspecified atom stereocenters. The quantitative estimate of drug-likeness (QED) is 0.794. The second kappa shape index (κ2) is 6.09. The maximum atomic E-state index is 12.0. The zero-order valence-corrected chi connectivity index (χ0v) is 10.8. The monoisotopic (exact) mass is 227 g/mol. The molecule has 0 aromatic heterocycles. The van der Waals surface area contributed by atoms with Crippen LogP contribution in [0.15, 0.2) is 0 Å². The Kier molecular flexibility index (Phi) is 5.06. The lowest BCUT2D eigenvalue weighted by Crippen LogP contribution is -2.49. The molecule has 0 aromatic rings. The van der Waals surface area contributed by atoms with E-state index >= 15 is 0 Å². The first kappa shape index (κ1) is 13.3. The number of nitrogens with zero attached hydrogens (tertiary/aromatic N) is 2. The molecule has 0 heterocycles. The van der Waals surface area contributed by atoms with Gasteiger partial charge in [-0.25, -0.2) is 4.79 Å². The molecule has 2 N–H and O–H groups in total. The Bertz CT molecular complexity index is 232. The number of urea groups is 1. The van der Waals surface area contributed by atoms with E-state index in [0.29, 0.717) is 18.5 Å². The zero-order chi connectivity index (χ0) is 12.1. The van der Waals surface area contributed by atoms with E-state index in [1.54, 1.807) is 4.90 Å². The van der Waals surface area contributed by atoms with Gasteiger partial charge in [0.25, 0.3) is 0 Å². The Morgan fingerprint density at radius 1 is 1.31 bits per heavy atom. The summed E-state index contributed by atoms with van der Waals surface area (Å²) in [4.78, 5) is 15.7. The van der Waals surface area contributed by atoms with Gasteiger partial charge in [-0.2, -0.15) is 0 Å². The van der Waals surface area contributed by atoms with Gasteiger partial charge in [-0.15, -0.1) is 0 Å². The van der Waals surface area contributed by atoms with Crippen LogP contribution in [-0.2, 0) is 0 Å². The Balaban J connectivity index is 2.63. The number of carbonyl (C=O) groups is 1. The SMILES string of the molecule is CCN(C)C(=O)N(C)C1CCCCC1CN. The normalized spacial score (nSPS) is 25.2. The molecule has 2 atom stereocenters. The summed E-state index contributed by atoms with van der Waals surface area (Å²) in [6, 6.07) is 0.452. The molecule has 4 heteroatoms. The van der Waals surface area contributed by atoms with Crippen molar-refractivity contribution in [1.29, 1.82) is 0 Å². The highest BCUT2D eigenvalue weighted by Crippen LogP contribution is 2.27. The van der Waals surface area contributed by atoms with Crippen LogP contribution in [0.3, 0.4) is 0 Å². The van der Waals surface area contributed by atoms with Crippen molar-refractivity contribution in [3.8, 4) is 0 Å². The van der Waals surface area contributed by atoms with Crippen molar-refractivity contribution in [2.24, 2.45) is 11.7 Å². The molecule has 0 saturated heterocycles. The maximum absolute atomic E-state index is 12.0. The Morgan fingerprint density at radius 2 is 1.94 bits per heavy atom. The third kappa shape index (κ3) is 2.88. The molecule has 0 aliphatic heterocycles. The number of amides is 2. The molecule has 0 aromatic carbocycles. The van der Waals surface area contributed by atoms with Gasteiger partial charge in [0.15, 0.2) is 0 Å². The third-order valence-corrected chi connectivity index (χ3v) is 3.77. The van der Waals surface area contributed by atoms with Crippen molar-refractivity contribution in [1.82, 2.24) is 9.80 Å². The molecule has 0 spiro atoms. The molecule has 2 amide bonds. The van der Waals surface area contributed by atoms with Crippen LogP contribution in [0.5, 0.6) is 0 Å². The van der Waals surface area contributed by atoms with E-state index in [1.165, 1.54) is 12.8 Å². The molecule has 1 fully saturated rings. The Morgan fingerprint density at radius 3 is 2.50 bits per heavy atom. The minimum atomic E-state index is 0.118. The molecule has 1 saturated carbocycles. The van der Waals surface area contributed by atoms with Gasteiger partial charge < -0.3 is 15.5 Å². The van der Waals surface area contributed by atoms with E-state index in [9.17, 15) is 4.79 Å². The van der Waals surface area contributed by atoms with Gasteiger partial charge in [-0.05, 0) is 32.2 Å². The highest BCUT2D eigenvalue weighted by Gasteiger charge is 2.30. The van der Waals surface area contributed by atoms with Gasteiger partial charge in [0.1, 0.15) is 0 Å². The van der Waals surface area contributed by atoms with Crippen LogP contribution in [0.2, 0.25) is 0 Å². The van der Waals surface area contributed by atoms with Crippen molar-refractivity contribution in [2.45, 2.75) is 38.6 Å². The first-order chi connectivity index (χ1) is 7.61. The highest BCUT2D eigenvalue weighted by atomic mass is 16.2. The summed E-state index contributed by atoms with van der Waals surface area (Å²) in [5.74, 6) is 0.480. The van der Waals surface area contributed by atoms with Crippen LogP contribution in [0.4, 0.5) is 4.79 Å². The first-order valence-electron chi connectivity index (χ1n) is 6.29. The van der Waals surface area contributed by atoms with Gasteiger partial charge in [0.05, 0.1) is 0 Å². The van der Waals surface area contributed by atoms with Gasteiger partial charge in [0, 0.05) is 26.7 Å². The largest absolute Gasteiger partial charge is 0.330 e. The average molecular weight is 227 g/mol. The molecular weight excluding hydrogens is 202 g/mol. The zero-order valence-electron chi connectivity index (χ0n) is 10.8. The third-order valence-electron chi connectivity index (χ3n) is 3.77. The molecular formula is C12H25N3O. The molecule has 4 nitrogen and oxygen atoms in total. The summed E-state index contributed by atoms with van der Waals surface area (Å²) in [5, 5.41) is 0. The second-order valence-corrected chi connectivity index (χ2v) is 4.76. The number of rotatable bonds is 3. The number of hydrogen-bond acceptors (Lipinski definition) is 2. The van der Waals surface area contributed by atoms with Crippen molar-refractivity contribution in [3.05, 3.63) is 0 Å². The summed E-state index contributed by atoms with van der Waals surface area (Å²) in [6.07, 6.45) is 4.73. The van der Waals surface area contributed by atoms with Crippen molar-refractivity contribution in [3.63, 3.8) is 0 Å². The van der Waals surface area contributed by atoms with Gasteiger partial charge >= 0.3 is 6.03 Å². The fraction of sp³-hybridized carbons (Fsp3) is 0.917. The van der Waals surface area contributed by atoms with Crippen molar-refractivity contribution in [2.75, 3.05) is 27.2 Å². The number of carbonyl (C=O) groups excluding carboxylic acids is 1. The fourth-order valence-electron chi connectivity index (χ4n) is 2.52. The Hall–Kier alpha value is -0.770. The first-order valence-corrected chi connectivity index (χ1v) is 6.29. The van der Waals surface area contributed by atoms with E-state index in [1.807, 2.05) is 25.9 Å². The molecule has 94 valence electrons. The molecule has 0 radical (unpaired) electrons. The van der Waals surface area contributed by atoms with E-state index in [-0.39, 0.29) is 6.03 Å². The molecule has 16 heavy (non-hydrogen) atoms. The van der Waals surface area contributed by atoms with Crippen LogP contribution in [0.1, 0.15) is 32.6 Å². The van der Waals surface area contributed by atoms with Crippen LogP contribution >= 0.6 is 0 Å². The van der Waals surface area contributed by atoms with Crippen molar-refractivity contribution >= 4 is 6.03 Å². The van der Waals surface area contributed by atoms with Gasteiger partial charge in [0.2, 0.25) is 0 Å². The van der Waals surface area contributed by atoms with Crippen LogP contribution < -0.4 is 5.73 Å². The topological polar surface area (TPSA) is 49.6 Å². The highest BCUT2D eigenvalue weighted by molar-refractivity contribution is 5.74. The fourth-order valence-corrected chi connectivity index (χ4v) is 2.52. The molecule has 1 aliphatic rings. The summed E-state index contributed by atoms with van der Waals surface area (Å²) >= 11 is 0. The van der Waals surface area contributed by atoms with Gasteiger partial charge in [-0.3, -0.25) is 0 Å². The summed E-state index contributed by atoms with van der Waals surface area (Å²) in [6.45, 7) is 3.44. The lowest BCUT2D eigenvalue weighted by atomic mass is 9.84. The van der Waals surface area contributed by atoms with Crippen molar-refractivity contribution < 1.29 is 4.79 Å². The predicted molar refractivity (Wildman–Crippen MR) is 66.3 cm³/mol. The number of hydrogen-bond donors (Lipinski definition) is 1. The minimum absolute atomic E-state index is 0.118. The summed E-state index contributed by atoms with van der Waals surface area (Å²) < 4.78 is 0. The lowest BCUT2D eigenvalue weighted by Gasteiger charge is -2.39. The van der Waals surface area contributed by atoms with E-state index in [0.717, 1.165) is 19.4 Å². The average Bonchev–Trinajstić information content (AvgIpc) is 2.35. The second-order valence-electron chi connectivity index (χ2n) is 4.76.